The van der Waals surface area contributed by atoms with E-state index in [0.717, 1.165) is 61.4 Å². The van der Waals surface area contributed by atoms with Crippen LogP contribution < -0.4 is 10.2 Å². The molecule has 0 saturated carbocycles. The maximum atomic E-state index is 14.0. The van der Waals surface area contributed by atoms with Crippen molar-refractivity contribution in [1.82, 2.24) is 4.90 Å². The summed E-state index contributed by atoms with van der Waals surface area (Å²) in [7, 11) is 0. The highest BCUT2D eigenvalue weighted by Crippen LogP contribution is 2.48. The third kappa shape index (κ3) is 5.79. The summed E-state index contributed by atoms with van der Waals surface area (Å²) >= 11 is 0. The lowest BCUT2D eigenvalue weighted by Crippen LogP contribution is -2.46. The van der Waals surface area contributed by atoms with E-state index < -0.39 is 6.04 Å². The molecule has 0 spiro atoms. The molecule has 5 nitrogen and oxygen atoms in total. The Morgan fingerprint density at radius 3 is 2.34 bits per heavy atom. The summed E-state index contributed by atoms with van der Waals surface area (Å²) in [5.41, 5.74) is 5.29. The van der Waals surface area contributed by atoms with E-state index in [4.69, 9.17) is 0 Å². The molecule has 1 amide bonds. The molecule has 6 rings (SSSR count). The second-order valence-corrected chi connectivity index (χ2v) is 12.6. The number of Topliss-reactive ketones (excluding diaryl/α,β-unsaturated/α-hetero) is 1. The molecule has 2 heterocycles. The smallest absolute Gasteiger partial charge is 0.242 e. The molecule has 0 bridgehead atoms. The van der Waals surface area contributed by atoms with Crippen molar-refractivity contribution >= 4 is 23.1 Å². The molecule has 3 aromatic rings. The molecule has 1 unspecified atom stereocenters. The van der Waals surface area contributed by atoms with Crippen LogP contribution in [-0.4, -0.2) is 36.2 Å². The summed E-state index contributed by atoms with van der Waals surface area (Å²) < 4.78 is 14.0. The predicted octanol–water partition coefficient (Wildman–Crippen LogP) is 6.92. The Bertz CT molecular complexity index is 1460. The van der Waals surface area contributed by atoms with Crippen molar-refractivity contribution in [1.29, 1.82) is 0 Å². The first-order chi connectivity index (χ1) is 19.8. The van der Waals surface area contributed by atoms with Crippen molar-refractivity contribution in [3.8, 4) is 0 Å². The van der Waals surface area contributed by atoms with Crippen molar-refractivity contribution in [2.45, 2.75) is 52.0 Å². The van der Waals surface area contributed by atoms with E-state index >= 15 is 0 Å². The van der Waals surface area contributed by atoms with Gasteiger partial charge < -0.3 is 15.1 Å². The third-order valence-electron chi connectivity index (χ3n) is 8.83. The first-order valence-corrected chi connectivity index (χ1v) is 14.7. The van der Waals surface area contributed by atoms with Gasteiger partial charge in [-0.2, -0.15) is 0 Å². The second kappa shape index (κ2) is 11.2. The van der Waals surface area contributed by atoms with Gasteiger partial charge in [0.2, 0.25) is 5.91 Å². The highest BCUT2D eigenvalue weighted by Gasteiger charge is 2.42. The summed E-state index contributed by atoms with van der Waals surface area (Å²) in [6.45, 7) is 5.82. The van der Waals surface area contributed by atoms with Crippen molar-refractivity contribution in [3.63, 3.8) is 0 Å². The number of likely N-dealkylation sites (tertiary alicyclic amines) is 1. The third-order valence-corrected chi connectivity index (χ3v) is 8.83. The molecule has 0 aromatic heterocycles. The zero-order valence-electron chi connectivity index (χ0n) is 23.9. The van der Waals surface area contributed by atoms with E-state index in [0.29, 0.717) is 17.9 Å². The number of nitrogens with zero attached hydrogens (tertiary/aromatic N) is 2. The number of benzene rings is 3. The highest BCUT2D eigenvalue weighted by molar-refractivity contribution is 6.01. The molecule has 6 heteroatoms. The molecule has 0 radical (unpaired) electrons. The van der Waals surface area contributed by atoms with Crippen molar-refractivity contribution < 1.29 is 14.0 Å². The van der Waals surface area contributed by atoms with Crippen LogP contribution in [-0.2, 0) is 16.0 Å². The van der Waals surface area contributed by atoms with Crippen LogP contribution in [0.4, 0.5) is 15.8 Å². The Labute approximate surface area is 242 Å². The number of fused-ring (bicyclic) bond motifs is 1. The van der Waals surface area contributed by atoms with Crippen molar-refractivity contribution in [2.75, 3.05) is 29.9 Å². The molecule has 1 N–H and O–H groups in total. The first kappa shape index (κ1) is 27.3. The standard InChI is InChI=1S/C35H38FN3O2/c1-35(2)21-29-33(31(40)22-35)34(26-12-14-27(36)15-13-26)39(30-11-7-6-10-28(30)37-29)23-32(41)38-18-16-25(17-19-38)20-24-8-4-3-5-9-24/h3-15,25,34,37H,16-23H2,1-2H3. The molecule has 1 aliphatic carbocycles. The average Bonchev–Trinajstić information content (AvgIpc) is 3.08. The summed E-state index contributed by atoms with van der Waals surface area (Å²) in [5.74, 6) is 0.363. The number of amides is 1. The number of carbonyl (C=O) groups is 2. The molecule has 212 valence electrons. The number of hydrogen-bond acceptors (Lipinski definition) is 4. The number of rotatable bonds is 5. The van der Waals surface area contributed by atoms with E-state index in [2.05, 4.69) is 48.3 Å². The van der Waals surface area contributed by atoms with Crippen LogP contribution >= 0.6 is 0 Å². The zero-order valence-corrected chi connectivity index (χ0v) is 23.9. The quantitative estimate of drug-likeness (QED) is 0.374. The maximum absolute atomic E-state index is 14.0. The summed E-state index contributed by atoms with van der Waals surface area (Å²) in [5, 5.41) is 3.59. The maximum Gasteiger partial charge on any atom is 0.242 e. The lowest BCUT2D eigenvalue weighted by molar-refractivity contribution is -0.131. The van der Waals surface area contributed by atoms with Crippen LogP contribution in [0.1, 0.15) is 56.7 Å². The van der Waals surface area contributed by atoms with Crippen molar-refractivity contribution in [2.24, 2.45) is 11.3 Å². The van der Waals surface area contributed by atoms with Gasteiger partial charge in [-0.3, -0.25) is 9.59 Å². The van der Waals surface area contributed by atoms with E-state index in [9.17, 15) is 14.0 Å². The van der Waals surface area contributed by atoms with E-state index in [-0.39, 0.29) is 29.5 Å². The lowest BCUT2D eigenvalue weighted by atomic mass is 9.73. The average molecular weight is 552 g/mol. The minimum atomic E-state index is -0.495. The second-order valence-electron chi connectivity index (χ2n) is 12.6. The molecule has 3 aromatic carbocycles. The van der Waals surface area contributed by atoms with E-state index in [1.807, 2.05) is 35.2 Å². The fourth-order valence-electron chi connectivity index (χ4n) is 6.80. The topological polar surface area (TPSA) is 52.7 Å². The number of halogens is 1. The number of hydrogen-bond donors (Lipinski definition) is 1. The van der Waals surface area contributed by atoms with Crippen LogP contribution in [0.5, 0.6) is 0 Å². The first-order valence-electron chi connectivity index (χ1n) is 14.7. The number of allylic oxidation sites excluding steroid dienone is 1. The van der Waals surface area contributed by atoms with Gasteiger partial charge in [0, 0.05) is 30.8 Å². The van der Waals surface area contributed by atoms with E-state index in [1.165, 1.54) is 17.7 Å². The molecule has 1 fully saturated rings. The minimum Gasteiger partial charge on any atom is -0.357 e. The van der Waals surface area contributed by atoms with Gasteiger partial charge >= 0.3 is 0 Å². The Balaban J connectivity index is 1.31. The van der Waals surface area contributed by atoms with Crippen LogP contribution in [0, 0.1) is 17.2 Å². The summed E-state index contributed by atoms with van der Waals surface area (Å²) in [4.78, 5) is 31.8. The van der Waals surface area contributed by atoms with Gasteiger partial charge in [-0.25, -0.2) is 4.39 Å². The van der Waals surface area contributed by atoms with Gasteiger partial charge in [-0.15, -0.1) is 0 Å². The molecule has 41 heavy (non-hydrogen) atoms. The molecule has 1 atom stereocenters. The van der Waals surface area contributed by atoms with Gasteiger partial charge in [-0.1, -0.05) is 68.4 Å². The minimum absolute atomic E-state index is 0.0534. The predicted molar refractivity (Wildman–Crippen MR) is 161 cm³/mol. The Morgan fingerprint density at radius 1 is 0.927 bits per heavy atom. The fraction of sp³-hybridized carbons (Fsp3) is 0.371. The molecule has 2 aliphatic heterocycles. The monoisotopic (exact) mass is 551 g/mol. The largest absolute Gasteiger partial charge is 0.357 e. The summed E-state index contributed by atoms with van der Waals surface area (Å²) in [6.07, 6.45) is 4.14. The SMILES string of the molecule is CC1(C)CC(=O)C2=C(C1)Nc1ccccc1N(CC(=O)N1CCC(Cc3ccccc3)CC1)C2c1ccc(F)cc1. The normalized spacial score (nSPS) is 20.7. The van der Waals surface area contributed by atoms with E-state index in [1.54, 1.807) is 12.1 Å². The number of nitrogens with one attached hydrogen (secondary N) is 1. The molecule has 3 aliphatic rings. The van der Waals surface area contributed by atoms with Gasteiger partial charge in [0.05, 0.1) is 24.0 Å². The van der Waals surface area contributed by atoms with Gasteiger partial charge in [0.25, 0.3) is 0 Å². The van der Waals surface area contributed by atoms with Crippen molar-refractivity contribution in [3.05, 3.63) is 107 Å². The fourth-order valence-corrected chi connectivity index (χ4v) is 6.80. The van der Waals surface area contributed by atoms with Gasteiger partial charge in [0.1, 0.15) is 5.82 Å². The molecular weight excluding hydrogens is 513 g/mol. The van der Waals surface area contributed by atoms with Crippen LogP contribution in [0.25, 0.3) is 0 Å². The Morgan fingerprint density at radius 2 is 1.61 bits per heavy atom. The number of carbonyl (C=O) groups excluding carboxylic acids is 2. The number of piperidine rings is 1. The Kier molecular flexibility index (Phi) is 7.41. The summed E-state index contributed by atoms with van der Waals surface area (Å²) in [6, 6.07) is 24.4. The van der Waals surface area contributed by atoms with Gasteiger partial charge in [0.15, 0.2) is 5.78 Å². The van der Waals surface area contributed by atoms with Crippen LogP contribution in [0.2, 0.25) is 0 Å². The number of anilines is 2. The zero-order chi connectivity index (χ0) is 28.6. The van der Waals surface area contributed by atoms with Crippen LogP contribution in [0.3, 0.4) is 0 Å². The Hall–Kier alpha value is -3.93. The number of ketones is 1. The van der Waals surface area contributed by atoms with Crippen LogP contribution in [0.15, 0.2) is 90.1 Å². The molecular formula is C35H38FN3O2. The number of para-hydroxylation sites is 2. The molecule has 1 saturated heterocycles. The van der Waals surface area contributed by atoms with Gasteiger partial charge in [-0.05, 0) is 72.4 Å². The highest BCUT2D eigenvalue weighted by atomic mass is 19.1. The lowest BCUT2D eigenvalue weighted by Gasteiger charge is -2.39.